The number of hydrogen-bond acceptors (Lipinski definition) is 4. The molecule has 2 N–H and O–H groups in total. The maximum Gasteiger partial charge on any atom is 0.334 e. The molecule has 2 atom stereocenters. The zero-order chi connectivity index (χ0) is 13.8. The third kappa shape index (κ3) is 3.36. The Kier molecular flexibility index (Phi) is 4.60. The predicted octanol–water partition coefficient (Wildman–Crippen LogP) is -0.404. The fourth-order valence-corrected chi connectivity index (χ4v) is 2.56. The second-order valence-corrected chi connectivity index (χ2v) is 5.06. The fourth-order valence-electron chi connectivity index (χ4n) is 2.56. The molecule has 2 fully saturated rings. The smallest absolute Gasteiger partial charge is 0.334 e. The number of rotatable bonds is 2. The lowest BCUT2D eigenvalue weighted by molar-refractivity contribution is -0.154. The minimum atomic E-state index is -1.04. The summed E-state index contributed by atoms with van der Waals surface area (Å²) in [5.41, 5.74) is 0. The van der Waals surface area contributed by atoms with Crippen molar-refractivity contribution >= 4 is 12.0 Å². The lowest BCUT2D eigenvalue weighted by Gasteiger charge is -2.38. The second-order valence-electron chi connectivity index (χ2n) is 5.06. The van der Waals surface area contributed by atoms with Crippen LogP contribution in [-0.2, 0) is 9.53 Å². The van der Waals surface area contributed by atoms with Gasteiger partial charge >= 0.3 is 12.0 Å². The highest BCUT2D eigenvalue weighted by Gasteiger charge is 2.32. The summed E-state index contributed by atoms with van der Waals surface area (Å²) >= 11 is 0. The molecule has 0 aliphatic carbocycles. The Morgan fingerprint density at radius 1 is 1.21 bits per heavy atom. The number of carboxylic acid groups (broad SMARTS) is 1. The lowest BCUT2D eigenvalue weighted by atomic mass is 9.99. The Labute approximate surface area is 111 Å². The number of piperidine rings is 1. The van der Waals surface area contributed by atoms with Crippen LogP contribution in [0.3, 0.4) is 0 Å². The minimum Gasteiger partial charge on any atom is -0.479 e. The van der Waals surface area contributed by atoms with Crippen LogP contribution in [0.15, 0.2) is 0 Å². The van der Waals surface area contributed by atoms with Crippen LogP contribution in [0.25, 0.3) is 0 Å². The van der Waals surface area contributed by atoms with E-state index in [0.717, 1.165) is 12.8 Å². The van der Waals surface area contributed by atoms with Gasteiger partial charge in [-0.3, -0.25) is 0 Å². The van der Waals surface area contributed by atoms with E-state index in [-0.39, 0.29) is 31.7 Å². The van der Waals surface area contributed by atoms with E-state index in [9.17, 15) is 9.59 Å². The first-order chi connectivity index (χ1) is 9.11. The molecule has 7 nitrogen and oxygen atoms in total. The van der Waals surface area contributed by atoms with E-state index < -0.39 is 12.1 Å². The van der Waals surface area contributed by atoms with E-state index in [1.807, 2.05) is 0 Å². The largest absolute Gasteiger partial charge is 0.479 e. The third-order valence-electron chi connectivity index (χ3n) is 3.66. The van der Waals surface area contributed by atoms with Gasteiger partial charge in [-0.25, -0.2) is 9.59 Å². The van der Waals surface area contributed by atoms with Crippen molar-refractivity contribution in [1.29, 1.82) is 0 Å². The van der Waals surface area contributed by atoms with Gasteiger partial charge in [0.25, 0.3) is 0 Å². The van der Waals surface area contributed by atoms with E-state index in [0.29, 0.717) is 19.6 Å². The minimum absolute atomic E-state index is 0.0879. The molecule has 0 saturated carbocycles. The summed E-state index contributed by atoms with van der Waals surface area (Å²) in [7, 11) is 0. The molecule has 2 rings (SSSR count). The SMILES string of the molecule is O=C(O)C1CN(C(=O)N2CCCC(CO)C2)CCO1. The fraction of sp³-hybridized carbons (Fsp3) is 0.833. The van der Waals surface area contributed by atoms with Gasteiger partial charge in [0.05, 0.1) is 13.2 Å². The zero-order valence-electron chi connectivity index (χ0n) is 10.8. The molecule has 0 spiro atoms. The van der Waals surface area contributed by atoms with Crippen LogP contribution >= 0.6 is 0 Å². The summed E-state index contributed by atoms with van der Waals surface area (Å²) in [5, 5.41) is 18.1. The van der Waals surface area contributed by atoms with Crippen LogP contribution in [-0.4, -0.2) is 77.5 Å². The van der Waals surface area contributed by atoms with Crippen LogP contribution in [0.2, 0.25) is 0 Å². The Hall–Kier alpha value is -1.34. The summed E-state index contributed by atoms with van der Waals surface area (Å²) in [5.74, 6) is -0.904. The van der Waals surface area contributed by atoms with Crippen molar-refractivity contribution in [3.63, 3.8) is 0 Å². The van der Waals surface area contributed by atoms with Gasteiger partial charge in [0, 0.05) is 26.2 Å². The molecule has 2 aliphatic heterocycles. The highest BCUT2D eigenvalue weighted by atomic mass is 16.5. The van der Waals surface area contributed by atoms with E-state index >= 15 is 0 Å². The zero-order valence-corrected chi connectivity index (χ0v) is 10.8. The van der Waals surface area contributed by atoms with Gasteiger partial charge in [0.2, 0.25) is 0 Å². The van der Waals surface area contributed by atoms with Crippen molar-refractivity contribution in [2.75, 3.05) is 39.4 Å². The van der Waals surface area contributed by atoms with Crippen molar-refractivity contribution in [3.8, 4) is 0 Å². The van der Waals surface area contributed by atoms with Crippen molar-refractivity contribution in [2.24, 2.45) is 5.92 Å². The maximum absolute atomic E-state index is 12.3. The molecule has 0 aromatic heterocycles. The first-order valence-corrected chi connectivity index (χ1v) is 6.61. The Morgan fingerprint density at radius 2 is 1.95 bits per heavy atom. The number of aliphatic hydroxyl groups excluding tert-OH is 1. The molecule has 0 aromatic carbocycles. The first kappa shape index (κ1) is 14.1. The number of morpholine rings is 1. The van der Waals surface area contributed by atoms with Crippen LogP contribution < -0.4 is 0 Å². The summed E-state index contributed by atoms with van der Waals surface area (Å²) in [6, 6.07) is -0.146. The number of carbonyl (C=O) groups excluding carboxylic acids is 1. The van der Waals surface area contributed by atoms with Crippen molar-refractivity contribution in [1.82, 2.24) is 9.80 Å². The highest BCUT2D eigenvalue weighted by Crippen LogP contribution is 2.18. The van der Waals surface area contributed by atoms with Gasteiger partial charge in [-0.1, -0.05) is 0 Å². The highest BCUT2D eigenvalue weighted by molar-refractivity contribution is 5.77. The number of urea groups is 1. The normalized spacial score (nSPS) is 28.3. The van der Waals surface area contributed by atoms with Crippen molar-refractivity contribution < 1.29 is 24.5 Å². The molecule has 0 bridgehead atoms. The molecule has 2 amide bonds. The summed E-state index contributed by atoms with van der Waals surface area (Å²) in [6.07, 6.45) is 0.876. The molecular weight excluding hydrogens is 252 g/mol. The van der Waals surface area contributed by atoms with E-state index in [4.69, 9.17) is 14.9 Å². The standard InChI is InChI=1S/C12H20N2O5/c15-8-9-2-1-3-13(6-9)12(18)14-4-5-19-10(7-14)11(16)17/h9-10,15H,1-8H2,(H,16,17). The third-order valence-corrected chi connectivity index (χ3v) is 3.66. The van der Waals surface area contributed by atoms with Gasteiger partial charge in [-0.2, -0.15) is 0 Å². The number of ether oxygens (including phenoxy) is 1. The van der Waals surface area contributed by atoms with Crippen LogP contribution in [0.5, 0.6) is 0 Å². The number of aliphatic hydroxyl groups is 1. The van der Waals surface area contributed by atoms with E-state index in [2.05, 4.69) is 0 Å². The second kappa shape index (κ2) is 6.21. The van der Waals surface area contributed by atoms with Crippen LogP contribution in [0.1, 0.15) is 12.8 Å². The average molecular weight is 272 g/mol. The van der Waals surface area contributed by atoms with Crippen LogP contribution in [0.4, 0.5) is 4.79 Å². The number of nitrogens with zero attached hydrogens (tertiary/aromatic N) is 2. The summed E-state index contributed by atoms with van der Waals surface area (Å²) in [6.45, 7) is 2.07. The van der Waals surface area contributed by atoms with Crippen LogP contribution in [0, 0.1) is 5.92 Å². The Morgan fingerprint density at radius 3 is 2.63 bits per heavy atom. The van der Waals surface area contributed by atoms with Gasteiger partial charge in [0.1, 0.15) is 0 Å². The molecule has 0 aromatic rings. The van der Waals surface area contributed by atoms with Gasteiger partial charge < -0.3 is 24.7 Å². The monoisotopic (exact) mass is 272 g/mol. The Bertz CT molecular complexity index is 349. The topological polar surface area (TPSA) is 90.3 Å². The number of likely N-dealkylation sites (tertiary alicyclic amines) is 1. The van der Waals surface area contributed by atoms with Gasteiger partial charge in [0.15, 0.2) is 6.10 Å². The number of hydrogen-bond donors (Lipinski definition) is 2. The van der Waals surface area contributed by atoms with Gasteiger partial charge in [-0.05, 0) is 18.8 Å². The quantitative estimate of drug-likeness (QED) is 0.713. The molecule has 2 saturated heterocycles. The first-order valence-electron chi connectivity index (χ1n) is 6.61. The van der Waals surface area contributed by atoms with E-state index in [1.165, 1.54) is 4.90 Å². The molecular formula is C12H20N2O5. The number of amides is 2. The molecule has 2 heterocycles. The number of carbonyl (C=O) groups is 2. The molecule has 2 unspecified atom stereocenters. The van der Waals surface area contributed by atoms with E-state index in [1.54, 1.807) is 4.90 Å². The molecule has 7 heteroatoms. The molecule has 2 aliphatic rings. The maximum atomic E-state index is 12.3. The molecule has 0 radical (unpaired) electrons. The van der Waals surface area contributed by atoms with Crippen molar-refractivity contribution in [2.45, 2.75) is 18.9 Å². The van der Waals surface area contributed by atoms with Crippen molar-refractivity contribution in [3.05, 3.63) is 0 Å². The predicted molar refractivity (Wildman–Crippen MR) is 65.7 cm³/mol. The Balaban J connectivity index is 1.93. The molecule has 108 valence electrons. The lowest BCUT2D eigenvalue weighted by Crippen LogP contribution is -2.54. The van der Waals surface area contributed by atoms with Gasteiger partial charge in [-0.15, -0.1) is 0 Å². The summed E-state index contributed by atoms with van der Waals surface area (Å²) < 4.78 is 5.10. The number of aliphatic carboxylic acids is 1. The molecule has 19 heavy (non-hydrogen) atoms. The average Bonchev–Trinajstić information content (AvgIpc) is 2.46. The number of carboxylic acids is 1. The summed E-state index contributed by atoms with van der Waals surface area (Å²) in [4.78, 5) is 26.4.